The monoisotopic (exact) mass is 241 g/mol. The first-order valence-corrected chi connectivity index (χ1v) is 7.19. The molecule has 0 bridgehead atoms. The summed E-state index contributed by atoms with van der Waals surface area (Å²) >= 11 is 0. The van der Waals surface area contributed by atoms with Crippen LogP contribution < -0.4 is 0 Å². The molecular formula is C15H31NO. The maximum atomic E-state index is 10.2. The van der Waals surface area contributed by atoms with Crippen molar-refractivity contribution in [3.63, 3.8) is 0 Å². The van der Waals surface area contributed by atoms with Crippen molar-refractivity contribution in [1.29, 1.82) is 0 Å². The Morgan fingerprint density at radius 3 is 2.35 bits per heavy atom. The molecule has 0 aromatic heterocycles. The standard InChI is InChI=1S/C15H31NO/c1-7-15(4,5)12-8-9-14(17)13(10-12)16(6)11(2)3/h11-14,17H,7-10H2,1-6H3. The van der Waals surface area contributed by atoms with E-state index in [0.717, 1.165) is 18.8 Å². The first-order chi connectivity index (χ1) is 7.79. The first kappa shape index (κ1) is 15.0. The predicted octanol–water partition coefficient (Wildman–Crippen LogP) is 3.29. The average Bonchev–Trinajstić information content (AvgIpc) is 2.28. The van der Waals surface area contributed by atoms with Gasteiger partial charge in [0.05, 0.1) is 6.10 Å². The van der Waals surface area contributed by atoms with Gasteiger partial charge in [-0.1, -0.05) is 27.2 Å². The molecule has 0 aromatic rings. The van der Waals surface area contributed by atoms with Gasteiger partial charge in [0.2, 0.25) is 0 Å². The van der Waals surface area contributed by atoms with Crippen molar-refractivity contribution in [3.05, 3.63) is 0 Å². The van der Waals surface area contributed by atoms with E-state index in [1.165, 1.54) is 12.8 Å². The van der Waals surface area contributed by atoms with E-state index in [4.69, 9.17) is 0 Å². The van der Waals surface area contributed by atoms with Gasteiger partial charge in [0.25, 0.3) is 0 Å². The molecule has 3 unspecified atom stereocenters. The maximum absolute atomic E-state index is 10.2. The minimum absolute atomic E-state index is 0.133. The second-order valence-electron chi connectivity index (χ2n) is 6.75. The van der Waals surface area contributed by atoms with E-state index < -0.39 is 0 Å². The average molecular weight is 241 g/mol. The van der Waals surface area contributed by atoms with Crippen molar-refractivity contribution in [2.45, 2.75) is 78.5 Å². The van der Waals surface area contributed by atoms with E-state index in [-0.39, 0.29) is 6.10 Å². The van der Waals surface area contributed by atoms with Gasteiger partial charge in [-0.2, -0.15) is 0 Å². The fourth-order valence-electron chi connectivity index (χ4n) is 2.95. The lowest BCUT2D eigenvalue weighted by atomic mass is 9.67. The summed E-state index contributed by atoms with van der Waals surface area (Å²) in [6.45, 7) is 11.5. The van der Waals surface area contributed by atoms with Gasteiger partial charge in [0.15, 0.2) is 0 Å². The minimum Gasteiger partial charge on any atom is -0.391 e. The highest BCUT2D eigenvalue weighted by Crippen LogP contribution is 2.41. The van der Waals surface area contributed by atoms with Crippen LogP contribution in [0.4, 0.5) is 0 Å². The highest BCUT2D eigenvalue weighted by molar-refractivity contribution is 4.91. The topological polar surface area (TPSA) is 23.5 Å². The van der Waals surface area contributed by atoms with Gasteiger partial charge in [0.1, 0.15) is 0 Å². The Balaban J connectivity index is 2.72. The Hall–Kier alpha value is -0.0800. The van der Waals surface area contributed by atoms with E-state index >= 15 is 0 Å². The van der Waals surface area contributed by atoms with Crippen LogP contribution >= 0.6 is 0 Å². The zero-order valence-electron chi connectivity index (χ0n) is 12.5. The first-order valence-electron chi connectivity index (χ1n) is 7.19. The number of hydrogen-bond donors (Lipinski definition) is 1. The fraction of sp³-hybridized carbons (Fsp3) is 1.00. The molecular weight excluding hydrogens is 210 g/mol. The Labute approximate surface area is 107 Å². The summed E-state index contributed by atoms with van der Waals surface area (Å²) in [5.74, 6) is 0.752. The van der Waals surface area contributed by atoms with Crippen LogP contribution in [-0.4, -0.2) is 35.2 Å². The number of rotatable bonds is 4. The van der Waals surface area contributed by atoms with Crippen LogP contribution in [0.25, 0.3) is 0 Å². The SMILES string of the molecule is CCC(C)(C)C1CCC(O)C(N(C)C(C)C)C1. The lowest BCUT2D eigenvalue weighted by Crippen LogP contribution is -2.50. The van der Waals surface area contributed by atoms with Crippen molar-refractivity contribution in [2.75, 3.05) is 7.05 Å². The highest BCUT2D eigenvalue weighted by Gasteiger charge is 2.38. The lowest BCUT2D eigenvalue weighted by molar-refractivity contribution is -0.0213. The molecule has 0 saturated heterocycles. The number of hydrogen-bond acceptors (Lipinski definition) is 2. The third-order valence-electron chi connectivity index (χ3n) is 5.14. The highest BCUT2D eigenvalue weighted by atomic mass is 16.3. The summed E-state index contributed by atoms with van der Waals surface area (Å²) in [5, 5.41) is 10.2. The molecule has 0 amide bonds. The Kier molecular flexibility index (Phi) is 5.03. The van der Waals surface area contributed by atoms with Crippen LogP contribution in [0.3, 0.4) is 0 Å². The zero-order chi connectivity index (χ0) is 13.2. The van der Waals surface area contributed by atoms with Crippen LogP contribution in [0.15, 0.2) is 0 Å². The maximum Gasteiger partial charge on any atom is 0.0695 e. The molecule has 0 radical (unpaired) electrons. The van der Waals surface area contributed by atoms with Crippen molar-refractivity contribution >= 4 is 0 Å². The molecule has 1 fully saturated rings. The molecule has 0 heterocycles. The Bertz CT molecular complexity index is 237. The molecule has 0 spiro atoms. The molecule has 1 rings (SSSR count). The van der Waals surface area contributed by atoms with Crippen LogP contribution in [0.1, 0.15) is 60.3 Å². The van der Waals surface area contributed by atoms with Crippen molar-refractivity contribution in [3.8, 4) is 0 Å². The normalized spacial score (nSPS) is 31.2. The van der Waals surface area contributed by atoms with Crippen molar-refractivity contribution < 1.29 is 5.11 Å². The van der Waals surface area contributed by atoms with Gasteiger partial charge >= 0.3 is 0 Å². The fourth-order valence-corrected chi connectivity index (χ4v) is 2.95. The summed E-state index contributed by atoms with van der Waals surface area (Å²) in [4.78, 5) is 2.35. The molecule has 1 aliphatic carbocycles. The van der Waals surface area contributed by atoms with Crippen molar-refractivity contribution in [2.24, 2.45) is 11.3 Å². The van der Waals surface area contributed by atoms with Gasteiger partial charge < -0.3 is 5.11 Å². The van der Waals surface area contributed by atoms with E-state index in [1.54, 1.807) is 0 Å². The van der Waals surface area contributed by atoms with E-state index in [2.05, 4.69) is 46.6 Å². The quantitative estimate of drug-likeness (QED) is 0.816. The summed E-state index contributed by atoms with van der Waals surface area (Å²) in [7, 11) is 2.15. The van der Waals surface area contributed by atoms with Crippen LogP contribution in [0.2, 0.25) is 0 Å². The van der Waals surface area contributed by atoms with Gasteiger partial charge in [-0.3, -0.25) is 4.90 Å². The van der Waals surface area contributed by atoms with Gasteiger partial charge in [-0.25, -0.2) is 0 Å². The van der Waals surface area contributed by atoms with Gasteiger partial charge in [0, 0.05) is 12.1 Å². The largest absolute Gasteiger partial charge is 0.391 e. The second-order valence-corrected chi connectivity index (χ2v) is 6.75. The zero-order valence-corrected chi connectivity index (χ0v) is 12.5. The van der Waals surface area contributed by atoms with E-state index in [1.807, 2.05) is 0 Å². The molecule has 2 nitrogen and oxygen atoms in total. The van der Waals surface area contributed by atoms with E-state index in [9.17, 15) is 5.11 Å². The summed E-state index contributed by atoms with van der Waals surface area (Å²) in [5.41, 5.74) is 0.413. The van der Waals surface area contributed by atoms with Crippen molar-refractivity contribution in [1.82, 2.24) is 4.90 Å². The van der Waals surface area contributed by atoms with Crippen LogP contribution in [0.5, 0.6) is 0 Å². The third-order valence-corrected chi connectivity index (χ3v) is 5.14. The summed E-state index contributed by atoms with van der Waals surface area (Å²) in [6.07, 6.45) is 4.40. The van der Waals surface area contributed by atoms with Crippen LogP contribution in [-0.2, 0) is 0 Å². The summed E-state index contributed by atoms with van der Waals surface area (Å²) < 4.78 is 0. The molecule has 3 atom stereocenters. The Morgan fingerprint density at radius 1 is 1.29 bits per heavy atom. The summed E-state index contributed by atoms with van der Waals surface area (Å²) in [6, 6.07) is 0.859. The third kappa shape index (κ3) is 3.45. The number of aliphatic hydroxyl groups is 1. The lowest BCUT2D eigenvalue weighted by Gasteiger charge is -2.45. The number of nitrogens with zero attached hydrogens (tertiary/aromatic N) is 1. The molecule has 1 N–H and O–H groups in total. The molecule has 0 aliphatic heterocycles. The minimum atomic E-state index is -0.133. The number of aliphatic hydroxyl groups excluding tert-OH is 1. The number of likely N-dealkylation sites (N-methyl/N-ethyl adjacent to an activating group) is 1. The molecule has 2 heteroatoms. The second kappa shape index (κ2) is 5.71. The van der Waals surface area contributed by atoms with Gasteiger partial charge in [-0.05, 0) is 51.5 Å². The Morgan fingerprint density at radius 2 is 1.88 bits per heavy atom. The molecule has 17 heavy (non-hydrogen) atoms. The smallest absolute Gasteiger partial charge is 0.0695 e. The van der Waals surface area contributed by atoms with Gasteiger partial charge in [-0.15, -0.1) is 0 Å². The molecule has 1 aliphatic rings. The molecule has 0 aromatic carbocycles. The molecule has 1 saturated carbocycles. The molecule has 102 valence electrons. The van der Waals surface area contributed by atoms with Crippen LogP contribution in [0, 0.1) is 11.3 Å². The van der Waals surface area contributed by atoms with E-state index in [0.29, 0.717) is 17.5 Å². The predicted molar refractivity (Wildman–Crippen MR) is 74.1 cm³/mol.